The van der Waals surface area contributed by atoms with Gasteiger partial charge in [0.15, 0.2) is 0 Å². The fourth-order valence-corrected chi connectivity index (χ4v) is 2.92. The number of amides is 1. The summed E-state index contributed by atoms with van der Waals surface area (Å²) < 4.78 is 0. The molecule has 0 bridgehead atoms. The van der Waals surface area contributed by atoms with Gasteiger partial charge >= 0.3 is 0 Å². The van der Waals surface area contributed by atoms with Gasteiger partial charge in [0.2, 0.25) is 5.91 Å². The van der Waals surface area contributed by atoms with Crippen molar-refractivity contribution >= 4 is 5.91 Å². The second kappa shape index (κ2) is 8.02. The predicted molar refractivity (Wildman–Crippen MR) is 85.7 cm³/mol. The van der Waals surface area contributed by atoms with Crippen LogP contribution in [0.15, 0.2) is 0 Å². The Morgan fingerprint density at radius 3 is 2.60 bits per heavy atom. The largest absolute Gasteiger partial charge is 0.343 e. The fourth-order valence-electron chi connectivity index (χ4n) is 2.92. The number of rotatable bonds is 6. The average molecular weight is 282 g/mol. The Morgan fingerprint density at radius 1 is 1.30 bits per heavy atom. The number of carbonyl (C=O) groups is 1. The zero-order chi connectivity index (χ0) is 15.2. The van der Waals surface area contributed by atoms with Crippen LogP contribution >= 0.6 is 0 Å². The van der Waals surface area contributed by atoms with Crippen LogP contribution in [0.2, 0.25) is 0 Å². The molecule has 3 heteroatoms. The minimum absolute atomic E-state index is 0.328. The third kappa shape index (κ3) is 6.25. The number of carbonyl (C=O) groups excluding carboxylic acids is 1. The normalized spacial score (nSPS) is 21.4. The van der Waals surface area contributed by atoms with E-state index < -0.39 is 0 Å². The molecule has 0 aliphatic carbocycles. The van der Waals surface area contributed by atoms with Crippen molar-refractivity contribution in [3.8, 4) is 0 Å². The number of hydrogen-bond donors (Lipinski definition) is 1. The highest BCUT2D eigenvalue weighted by molar-refractivity contribution is 5.76. The summed E-state index contributed by atoms with van der Waals surface area (Å²) in [7, 11) is 0. The number of hydrogen-bond acceptors (Lipinski definition) is 2. The first-order valence-corrected chi connectivity index (χ1v) is 8.29. The standard InChI is InChI=1S/C17H34N2O/c1-14(2)13-18-10-6-11-19-12-9-15(17(3,4)5)7-8-16(19)20/h14-15,18H,6-13H2,1-5H3. The van der Waals surface area contributed by atoms with Crippen molar-refractivity contribution < 1.29 is 4.79 Å². The van der Waals surface area contributed by atoms with Crippen LogP contribution < -0.4 is 5.32 Å². The van der Waals surface area contributed by atoms with Crippen LogP contribution in [0.3, 0.4) is 0 Å². The Hall–Kier alpha value is -0.570. The highest BCUT2D eigenvalue weighted by Crippen LogP contribution is 2.34. The molecule has 1 aliphatic rings. The molecule has 3 nitrogen and oxygen atoms in total. The summed E-state index contributed by atoms with van der Waals surface area (Å²) in [5.74, 6) is 1.73. The fraction of sp³-hybridized carbons (Fsp3) is 0.941. The van der Waals surface area contributed by atoms with Gasteiger partial charge in [0, 0.05) is 19.5 Å². The van der Waals surface area contributed by atoms with Crippen LogP contribution in [-0.2, 0) is 4.79 Å². The quantitative estimate of drug-likeness (QED) is 0.758. The summed E-state index contributed by atoms with van der Waals surface area (Å²) in [6, 6.07) is 0. The van der Waals surface area contributed by atoms with Gasteiger partial charge in [-0.2, -0.15) is 0 Å². The molecule has 1 rings (SSSR count). The van der Waals surface area contributed by atoms with Crippen LogP contribution in [-0.4, -0.2) is 37.0 Å². The summed E-state index contributed by atoms with van der Waals surface area (Å²) >= 11 is 0. The molecule has 1 unspecified atom stereocenters. The minimum Gasteiger partial charge on any atom is -0.343 e. The number of nitrogens with one attached hydrogen (secondary N) is 1. The maximum atomic E-state index is 12.2. The molecule has 0 saturated carbocycles. The van der Waals surface area contributed by atoms with Crippen LogP contribution in [0.4, 0.5) is 0 Å². The second-order valence-electron chi connectivity index (χ2n) is 7.72. The predicted octanol–water partition coefficient (Wildman–Crippen LogP) is 3.30. The topological polar surface area (TPSA) is 32.3 Å². The van der Waals surface area contributed by atoms with Gasteiger partial charge in [-0.15, -0.1) is 0 Å². The van der Waals surface area contributed by atoms with Crippen molar-refractivity contribution in [3.63, 3.8) is 0 Å². The smallest absolute Gasteiger partial charge is 0.222 e. The van der Waals surface area contributed by atoms with E-state index in [1.807, 2.05) is 0 Å². The van der Waals surface area contributed by atoms with Gasteiger partial charge in [0.25, 0.3) is 0 Å². The molecule has 1 fully saturated rings. The van der Waals surface area contributed by atoms with Crippen molar-refractivity contribution in [1.82, 2.24) is 10.2 Å². The Kier molecular flexibility index (Phi) is 7.01. The van der Waals surface area contributed by atoms with E-state index in [-0.39, 0.29) is 0 Å². The molecule has 0 spiro atoms. The first-order chi connectivity index (χ1) is 9.30. The van der Waals surface area contributed by atoms with Crippen LogP contribution in [0, 0.1) is 17.3 Å². The van der Waals surface area contributed by atoms with Crippen molar-refractivity contribution in [2.45, 2.75) is 60.3 Å². The molecule has 1 N–H and O–H groups in total. The van der Waals surface area contributed by atoms with Crippen LogP contribution in [0.25, 0.3) is 0 Å². The minimum atomic E-state index is 0.328. The van der Waals surface area contributed by atoms with E-state index in [4.69, 9.17) is 0 Å². The summed E-state index contributed by atoms with van der Waals surface area (Å²) in [5.41, 5.74) is 0.328. The summed E-state index contributed by atoms with van der Waals surface area (Å²) in [6.07, 6.45) is 4.03. The second-order valence-corrected chi connectivity index (χ2v) is 7.72. The molecular weight excluding hydrogens is 248 g/mol. The van der Waals surface area contributed by atoms with E-state index in [2.05, 4.69) is 44.8 Å². The van der Waals surface area contributed by atoms with E-state index in [0.717, 1.165) is 51.9 Å². The van der Waals surface area contributed by atoms with Crippen LogP contribution in [0.1, 0.15) is 60.3 Å². The van der Waals surface area contributed by atoms with Gasteiger partial charge in [-0.3, -0.25) is 4.79 Å². The van der Waals surface area contributed by atoms with Crippen molar-refractivity contribution in [2.75, 3.05) is 26.2 Å². The van der Waals surface area contributed by atoms with Crippen molar-refractivity contribution in [2.24, 2.45) is 17.3 Å². The molecule has 1 atom stereocenters. The Labute approximate surface area is 125 Å². The molecule has 1 saturated heterocycles. The van der Waals surface area contributed by atoms with Crippen molar-refractivity contribution in [3.05, 3.63) is 0 Å². The lowest BCUT2D eigenvalue weighted by Crippen LogP contribution is -2.33. The summed E-state index contributed by atoms with van der Waals surface area (Å²) in [6.45, 7) is 15.3. The summed E-state index contributed by atoms with van der Waals surface area (Å²) in [4.78, 5) is 14.3. The Balaban J connectivity index is 2.30. The molecule has 1 amide bonds. The monoisotopic (exact) mass is 282 g/mol. The van der Waals surface area contributed by atoms with E-state index in [1.54, 1.807) is 0 Å². The lowest BCUT2D eigenvalue weighted by atomic mass is 9.77. The van der Waals surface area contributed by atoms with Gasteiger partial charge in [-0.05, 0) is 49.6 Å². The maximum absolute atomic E-state index is 12.2. The zero-order valence-corrected chi connectivity index (χ0v) is 14.2. The van der Waals surface area contributed by atoms with Crippen LogP contribution in [0.5, 0.6) is 0 Å². The van der Waals surface area contributed by atoms with Gasteiger partial charge in [-0.25, -0.2) is 0 Å². The molecule has 118 valence electrons. The Bertz CT molecular complexity index is 294. The molecule has 20 heavy (non-hydrogen) atoms. The number of likely N-dealkylation sites (tertiary alicyclic amines) is 1. The molecule has 0 radical (unpaired) electrons. The van der Waals surface area contributed by atoms with E-state index in [9.17, 15) is 4.79 Å². The van der Waals surface area contributed by atoms with Gasteiger partial charge in [-0.1, -0.05) is 34.6 Å². The third-order valence-electron chi connectivity index (χ3n) is 4.37. The molecule has 0 aromatic heterocycles. The number of nitrogens with zero attached hydrogens (tertiary/aromatic N) is 1. The van der Waals surface area contributed by atoms with Gasteiger partial charge in [0.05, 0.1) is 0 Å². The van der Waals surface area contributed by atoms with Gasteiger partial charge < -0.3 is 10.2 Å². The molecule has 0 aromatic rings. The lowest BCUT2D eigenvalue weighted by Gasteiger charge is -2.29. The third-order valence-corrected chi connectivity index (χ3v) is 4.37. The van der Waals surface area contributed by atoms with E-state index in [1.165, 1.54) is 0 Å². The molecule has 1 heterocycles. The Morgan fingerprint density at radius 2 is 2.00 bits per heavy atom. The van der Waals surface area contributed by atoms with Gasteiger partial charge in [0.1, 0.15) is 0 Å². The molecule has 1 aliphatic heterocycles. The maximum Gasteiger partial charge on any atom is 0.222 e. The SMILES string of the molecule is CC(C)CNCCCN1CCC(C(C)(C)C)CCC1=O. The molecular formula is C17H34N2O. The highest BCUT2D eigenvalue weighted by atomic mass is 16.2. The average Bonchev–Trinajstić information content (AvgIpc) is 2.50. The zero-order valence-electron chi connectivity index (χ0n) is 14.2. The highest BCUT2D eigenvalue weighted by Gasteiger charge is 2.29. The molecule has 0 aromatic carbocycles. The summed E-state index contributed by atoms with van der Waals surface area (Å²) in [5, 5.41) is 3.45. The first-order valence-electron chi connectivity index (χ1n) is 8.29. The van der Waals surface area contributed by atoms with Crippen molar-refractivity contribution in [1.29, 1.82) is 0 Å². The van der Waals surface area contributed by atoms with E-state index in [0.29, 0.717) is 23.2 Å². The lowest BCUT2D eigenvalue weighted by molar-refractivity contribution is -0.130. The first kappa shape index (κ1) is 17.5. The van der Waals surface area contributed by atoms with E-state index >= 15 is 0 Å².